The van der Waals surface area contributed by atoms with Crippen molar-refractivity contribution in [3.63, 3.8) is 0 Å². The Bertz CT molecular complexity index is 622. The summed E-state index contributed by atoms with van der Waals surface area (Å²) < 4.78 is 27.0. The Balaban J connectivity index is 1.80. The quantitative estimate of drug-likeness (QED) is 0.167. The van der Waals surface area contributed by atoms with E-state index in [1.54, 1.807) is 0 Å². The number of rotatable bonds is 6. The fourth-order valence-electron chi connectivity index (χ4n) is 4.02. The van der Waals surface area contributed by atoms with Crippen LogP contribution < -0.4 is 0 Å². The SMILES string of the molecule is C[C@@H]1O[C@@H](O)[C@H](O)[C@H](O[C@@H]2O[C@@H](CO)[C@H](O)[C@@H](O)[C@@H]2O)[C@H]1O[C@@H]1O[C@@H](CO)[C@H](O)[C@@H](O)[C@@H]1O. The van der Waals surface area contributed by atoms with Crippen molar-refractivity contribution in [2.75, 3.05) is 13.2 Å². The fourth-order valence-corrected chi connectivity index (χ4v) is 4.02. The van der Waals surface area contributed by atoms with E-state index in [-0.39, 0.29) is 0 Å². The first kappa shape index (κ1) is 27.0. The Morgan fingerprint density at radius 1 is 0.545 bits per heavy atom. The molecule has 0 unspecified atom stereocenters. The number of aliphatic hydroxyl groups excluding tert-OH is 10. The van der Waals surface area contributed by atoms with Gasteiger partial charge in [-0.1, -0.05) is 0 Å². The number of hydrogen-bond acceptors (Lipinski definition) is 15. The Morgan fingerprint density at radius 2 is 0.970 bits per heavy atom. The lowest BCUT2D eigenvalue weighted by atomic mass is 9.96. The highest BCUT2D eigenvalue weighted by molar-refractivity contribution is 4.95. The molecule has 15 heteroatoms. The molecule has 33 heavy (non-hydrogen) atoms. The summed E-state index contributed by atoms with van der Waals surface area (Å²) >= 11 is 0. The van der Waals surface area contributed by atoms with Gasteiger partial charge in [-0.25, -0.2) is 0 Å². The highest BCUT2D eigenvalue weighted by Gasteiger charge is 2.53. The smallest absolute Gasteiger partial charge is 0.187 e. The summed E-state index contributed by atoms with van der Waals surface area (Å²) in [5.41, 5.74) is 0. The van der Waals surface area contributed by atoms with E-state index in [0.29, 0.717) is 0 Å². The van der Waals surface area contributed by atoms with Crippen LogP contribution >= 0.6 is 0 Å². The Labute approximate surface area is 187 Å². The molecule has 3 aliphatic heterocycles. The number of aliphatic hydroxyl groups is 10. The zero-order valence-corrected chi connectivity index (χ0v) is 17.6. The molecule has 0 spiro atoms. The summed E-state index contributed by atoms with van der Waals surface area (Å²) in [4.78, 5) is 0. The van der Waals surface area contributed by atoms with E-state index in [1.807, 2.05) is 0 Å². The van der Waals surface area contributed by atoms with E-state index in [0.717, 1.165) is 0 Å². The van der Waals surface area contributed by atoms with Crippen LogP contribution in [0.5, 0.6) is 0 Å². The zero-order chi connectivity index (χ0) is 24.6. The monoisotopic (exact) mass is 488 g/mol. The van der Waals surface area contributed by atoms with E-state index < -0.39 is 105 Å². The van der Waals surface area contributed by atoms with E-state index in [1.165, 1.54) is 6.92 Å². The minimum atomic E-state index is -1.82. The Morgan fingerprint density at radius 3 is 1.39 bits per heavy atom. The molecule has 0 bridgehead atoms. The predicted molar refractivity (Wildman–Crippen MR) is 99.8 cm³/mol. The van der Waals surface area contributed by atoms with E-state index in [2.05, 4.69) is 0 Å². The number of hydrogen-bond donors (Lipinski definition) is 10. The van der Waals surface area contributed by atoms with Crippen molar-refractivity contribution in [2.24, 2.45) is 0 Å². The predicted octanol–water partition coefficient (Wildman–Crippen LogP) is -6.55. The minimum absolute atomic E-state index is 0.715. The van der Waals surface area contributed by atoms with Gasteiger partial charge in [-0.3, -0.25) is 0 Å². The lowest BCUT2D eigenvalue weighted by molar-refractivity contribution is -0.380. The van der Waals surface area contributed by atoms with Gasteiger partial charge in [0, 0.05) is 0 Å². The van der Waals surface area contributed by atoms with Gasteiger partial charge in [0.15, 0.2) is 18.9 Å². The highest BCUT2D eigenvalue weighted by atomic mass is 16.8. The highest BCUT2D eigenvalue weighted by Crippen LogP contribution is 2.32. The third kappa shape index (κ3) is 5.32. The molecule has 0 radical (unpaired) electrons. The van der Waals surface area contributed by atoms with E-state index in [4.69, 9.17) is 23.7 Å². The molecule has 0 aromatic heterocycles. The second-order valence-electron chi connectivity index (χ2n) is 8.32. The van der Waals surface area contributed by atoms with E-state index >= 15 is 0 Å². The Kier molecular flexibility index (Phi) is 8.99. The van der Waals surface area contributed by atoms with Gasteiger partial charge < -0.3 is 74.7 Å². The van der Waals surface area contributed by atoms with Crippen molar-refractivity contribution >= 4 is 0 Å². The van der Waals surface area contributed by atoms with Crippen LogP contribution in [0, 0.1) is 0 Å². The van der Waals surface area contributed by atoms with Gasteiger partial charge in [-0.2, -0.15) is 0 Å². The summed E-state index contributed by atoms with van der Waals surface area (Å²) in [5.74, 6) is 0. The second-order valence-corrected chi connectivity index (χ2v) is 8.32. The van der Waals surface area contributed by atoms with Crippen molar-refractivity contribution in [3.05, 3.63) is 0 Å². The first-order chi connectivity index (χ1) is 15.5. The first-order valence-corrected chi connectivity index (χ1v) is 10.4. The normalized spacial score (nSPS) is 53.7. The molecule has 0 amide bonds. The van der Waals surface area contributed by atoms with Crippen LogP contribution in [0.15, 0.2) is 0 Å². The lowest BCUT2D eigenvalue weighted by Gasteiger charge is -2.48. The van der Waals surface area contributed by atoms with Crippen LogP contribution in [0.3, 0.4) is 0 Å². The Hall–Kier alpha value is -0.600. The van der Waals surface area contributed by atoms with Crippen LogP contribution in [-0.4, -0.2) is 156 Å². The summed E-state index contributed by atoms with van der Waals surface area (Å²) in [6.45, 7) is -0.0357. The molecule has 0 aromatic carbocycles. The summed E-state index contributed by atoms with van der Waals surface area (Å²) in [6, 6.07) is 0. The van der Waals surface area contributed by atoms with Crippen LogP contribution in [0.25, 0.3) is 0 Å². The van der Waals surface area contributed by atoms with Gasteiger partial charge in [0.2, 0.25) is 0 Å². The van der Waals surface area contributed by atoms with Crippen molar-refractivity contribution in [2.45, 2.75) is 99.0 Å². The molecule has 3 saturated heterocycles. The van der Waals surface area contributed by atoms with Crippen LogP contribution in [0.1, 0.15) is 6.92 Å². The lowest BCUT2D eigenvalue weighted by Crippen LogP contribution is -2.66. The first-order valence-electron chi connectivity index (χ1n) is 10.4. The standard InChI is InChI=1S/C18H32O15/c1-4-14(32-17-11(25)9(23)7(21)5(2-19)30-17)15(13(27)16(28)29-4)33-18-12(26)10(24)8(22)6(3-20)31-18/h4-28H,2-3H2,1H3/t4-,5-,6-,7-,8-,9+,10+,11-,12-,13+,14-,15-,16+,17-,18-/m0/s1. The summed E-state index contributed by atoms with van der Waals surface area (Å²) in [6.07, 6.45) is -23.9. The van der Waals surface area contributed by atoms with Crippen LogP contribution in [0.4, 0.5) is 0 Å². The van der Waals surface area contributed by atoms with Crippen molar-refractivity contribution in [1.29, 1.82) is 0 Å². The van der Waals surface area contributed by atoms with Crippen molar-refractivity contribution in [3.8, 4) is 0 Å². The third-order valence-electron chi connectivity index (χ3n) is 6.05. The largest absolute Gasteiger partial charge is 0.394 e. The molecular weight excluding hydrogens is 456 g/mol. The molecule has 3 heterocycles. The molecule has 10 N–H and O–H groups in total. The summed E-state index contributed by atoms with van der Waals surface area (Å²) in [5, 5.41) is 99.4. The molecule has 15 nitrogen and oxygen atoms in total. The maximum Gasteiger partial charge on any atom is 0.187 e. The van der Waals surface area contributed by atoms with Gasteiger partial charge in [-0.15, -0.1) is 0 Å². The van der Waals surface area contributed by atoms with Crippen LogP contribution in [-0.2, 0) is 23.7 Å². The fraction of sp³-hybridized carbons (Fsp3) is 1.00. The van der Waals surface area contributed by atoms with Gasteiger partial charge in [0.05, 0.1) is 19.3 Å². The zero-order valence-electron chi connectivity index (χ0n) is 17.6. The van der Waals surface area contributed by atoms with Crippen molar-refractivity contribution in [1.82, 2.24) is 0 Å². The topological polar surface area (TPSA) is 248 Å². The number of ether oxygens (including phenoxy) is 5. The molecule has 0 aromatic rings. The molecule has 3 fully saturated rings. The van der Waals surface area contributed by atoms with Gasteiger partial charge in [0.25, 0.3) is 0 Å². The maximum atomic E-state index is 10.5. The summed E-state index contributed by atoms with van der Waals surface area (Å²) in [7, 11) is 0. The van der Waals surface area contributed by atoms with Crippen LogP contribution in [0.2, 0.25) is 0 Å². The molecule has 3 rings (SSSR count). The van der Waals surface area contributed by atoms with Gasteiger partial charge >= 0.3 is 0 Å². The second kappa shape index (κ2) is 11.0. The molecule has 3 aliphatic rings. The maximum absolute atomic E-state index is 10.5. The molecular formula is C18H32O15. The molecule has 0 aliphatic carbocycles. The third-order valence-corrected chi connectivity index (χ3v) is 6.05. The molecule has 15 atom stereocenters. The average molecular weight is 488 g/mol. The molecule has 0 saturated carbocycles. The van der Waals surface area contributed by atoms with E-state index in [9.17, 15) is 51.1 Å². The average Bonchev–Trinajstić information content (AvgIpc) is 2.79. The van der Waals surface area contributed by atoms with Gasteiger partial charge in [-0.05, 0) is 6.92 Å². The van der Waals surface area contributed by atoms with Gasteiger partial charge in [0.1, 0.15) is 67.1 Å². The van der Waals surface area contributed by atoms with Crippen molar-refractivity contribution < 1.29 is 74.7 Å². The minimum Gasteiger partial charge on any atom is -0.394 e. The molecule has 194 valence electrons.